The highest BCUT2D eigenvalue weighted by molar-refractivity contribution is 5.83. The highest BCUT2D eigenvalue weighted by Crippen LogP contribution is 2.25. The molecule has 2 aromatic heterocycles. The van der Waals surface area contributed by atoms with Gasteiger partial charge in [-0.05, 0) is 18.6 Å². The first-order valence-corrected chi connectivity index (χ1v) is 5.41. The van der Waals surface area contributed by atoms with Crippen molar-refractivity contribution in [2.24, 2.45) is 0 Å². The molecule has 0 radical (unpaired) electrons. The summed E-state index contributed by atoms with van der Waals surface area (Å²) in [6.45, 7) is 2.08. The van der Waals surface area contributed by atoms with Gasteiger partial charge < -0.3 is 10.7 Å². The van der Waals surface area contributed by atoms with Crippen LogP contribution in [0.15, 0.2) is 36.5 Å². The Hall–Kier alpha value is -2.36. The minimum atomic E-state index is 0.299. The number of fused-ring (bicyclic) bond motifs is 1. The van der Waals surface area contributed by atoms with Crippen LogP contribution in [0.5, 0.6) is 0 Å². The number of aryl methyl sites for hydroxylation is 1. The maximum atomic E-state index is 5.57. The number of anilines is 1. The third kappa shape index (κ3) is 1.63. The van der Waals surface area contributed by atoms with Gasteiger partial charge in [-0.25, -0.2) is 9.97 Å². The van der Waals surface area contributed by atoms with Crippen molar-refractivity contribution >= 4 is 17.0 Å². The van der Waals surface area contributed by atoms with Gasteiger partial charge in [0, 0.05) is 11.3 Å². The van der Waals surface area contributed by atoms with Crippen LogP contribution in [0.25, 0.3) is 22.3 Å². The number of hydrogen-bond donors (Lipinski definition) is 2. The standard InChI is InChI=1S/C13H12N4/c1-8-4-2-3-5-9(8)10-6-11-12(16-10)7-15-13(14)17-11/h2-7,16H,1H3,(H2,14,15,17). The van der Waals surface area contributed by atoms with Gasteiger partial charge >= 0.3 is 0 Å². The van der Waals surface area contributed by atoms with E-state index in [-0.39, 0.29) is 0 Å². The topological polar surface area (TPSA) is 67.6 Å². The highest BCUT2D eigenvalue weighted by atomic mass is 15.0. The third-order valence-corrected chi connectivity index (χ3v) is 2.82. The van der Waals surface area contributed by atoms with Gasteiger partial charge in [0.1, 0.15) is 0 Å². The smallest absolute Gasteiger partial charge is 0.220 e. The van der Waals surface area contributed by atoms with Crippen LogP contribution < -0.4 is 5.73 Å². The molecule has 3 N–H and O–H groups in total. The van der Waals surface area contributed by atoms with E-state index in [2.05, 4.69) is 34.0 Å². The van der Waals surface area contributed by atoms with Crippen LogP contribution in [-0.2, 0) is 0 Å². The summed E-state index contributed by atoms with van der Waals surface area (Å²) in [4.78, 5) is 11.5. The molecule has 0 saturated carbocycles. The molecule has 0 aliphatic rings. The van der Waals surface area contributed by atoms with Crippen LogP contribution in [0.4, 0.5) is 5.95 Å². The van der Waals surface area contributed by atoms with Crippen LogP contribution >= 0.6 is 0 Å². The molecule has 0 saturated heterocycles. The van der Waals surface area contributed by atoms with E-state index in [0.717, 1.165) is 16.7 Å². The van der Waals surface area contributed by atoms with Gasteiger partial charge in [-0.2, -0.15) is 0 Å². The quantitative estimate of drug-likeness (QED) is 0.667. The Morgan fingerprint density at radius 2 is 2.06 bits per heavy atom. The molecule has 1 aromatic carbocycles. The highest BCUT2D eigenvalue weighted by Gasteiger charge is 2.06. The lowest BCUT2D eigenvalue weighted by Crippen LogP contribution is -1.92. The fraction of sp³-hybridized carbons (Fsp3) is 0.0769. The predicted octanol–water partition coefficient (Wildman–Crippen LogP) is 2.52. The summed E-state index contributed by atoms with van der Waals surface area (Å²) in [5.41, 5.74) is 10.7. The summed E-state index contributed by atoms with van der Waals surface area (Å²) in [5.74, 6) is 0.299. The van der Waals surface area contributed by atoms with Crippen molar-refractivity contribution in [3.8, 4) is 11.3 Å². The molecule has 0 spiro atoms. The minimum absolute atomic E-state index is 0.299. The molecular formula is C13H12N4. The molecule has 0 fully saturated rings. The number of benzene rings is 1. The largest absolute Gasteiger partial charge is 0.368 e. The maximum Gasteiger partial charge on any atom is 0.220 e. The number of nitrogens with zero attached hydrogens (tertiary/aromatic N) is 2. The average Bonchev–Trinajstić information content (AvgIpc) is 2.72. The van der Waals surface area contributed by atoms with Crippen molar-refractivity contribution < 1.29 is 0 Å². The van der Waals surface area contributed by atoms with Crippen LogP contribution in [0, 0.1) is 6.92 Å². The van der Waals surface area contributed by atoms with Crippen LogP contribution in [0.1, 0.15) is 5.56 Å². The molecule has 0 unspecified atom stereocenters. The van der Waals surface area contributed by atoms with E-state index in [9.17, 15) is 0 Å². The van der Waals surface area contributed by atoms with Crippen molar-refractivity contribution in [2.45, 2.75) is 6.92 Å². The Bertz CT molecular complexity index is 685. The van der Waals surface area contributed by atoms with E-state index in [0.29, 0.717) is 5.95 Å². The van der Waals surface area contributed by atoms with E-state index < -0.39 is 0 Å². The molecule has 0 amide bonds. The molecule has 2 heterocycles. The van der Waals surface area contributed by atoms with Gasteiger partial charge in [-0.15, -0.1) is 0 Å². The molecule has 17 heavy (non-hydrogen) atoms. The Morgan fingerprint density at radius 3 is 2.88 bits per heavy atom. The van der Waals surface area contributed by atoms with Gasteiger partial charge in [0.05, 0.1) is 17.2 Å². The lowest BCUT2D eigenvalue weighted by Gasteiger charge is -2.01. The van der Waals surface area contributed by atoms with Gasteiger partial charge in [0.2, 0.25) is 5.95 Å². The zero-order valence-electron chi connectivity index (χ0n) is 9.44. The second kappa shape index (κ2) is 3.59. The number of nitrogens with two attached hydrogens (primary N) is 1. The molecule has 0 bridgehead atoms. The maximum absolute atomic E-state index is 5.57. The second-order valence-corrected chi connectivity index (χ2v) is 4.03. The number of aromatic amines is 1. The lowest BCUT2D eigenvalue weighted by molar-refractivity contribution is 1.23. The van der Waals surface area contributed by atoms with Gasteiger partial charge in [0.25, 0.3) is 0 Å². The second-order valence-electron chi connectivity index (χ2n) is 4.03. The number of hydrogen-bond acceptors (Lipinski definition) is 3. The minimum Gasteiger partial charge on any atom is -0.368 e. The SMILES string of the molecule is Cc1ccccc1-c1cc2nc(N)ncc2[nH]1. The molecule has 3 aromatic rings. The van der Waals surface area contributed by atoms with Crippen molar-refractivity contribution in [1.82, 2.24) is 15.0 Å². The van der Waals surface area contributed by atoms with E-state index in [4.69, 9.17) is 5.73 Å². The number of H-pyrrole nitrogens is 1. The summed E-state index contributed by atoms with van der Waals surface area (Å²) in [6.07, 6.45) is 1.71. The zero-order chi connectivity index (χ0) is 11.8. The fourth-order valence-electron chi connectivity index (χ4n) is 1.95. The number of nitrogens with one attached hydrogen (secondary N) is 1. The van der Waals surface area contributed by atoms with Crippen LogP contribution in [0.2, 0.25) is 0 Å². The molecule has 0 atom stereocenters. The molecule has 4 heteroatoms. The Kier molecular flexibility index (Phi) is 2.08. The molecular weight excluding hydrogens is 212 g/mol. The third-order valence-electron chi connectivity index (χ3n) is 2.82. The number of nitrogen functional groups attached to an aromatic ring is 1. The van der Waals surface area contributed by atoms with E-state index in [1.54, 1.807) is 6.20 Å². The Morgan fingerprint density at radius 1 is 1.24 bits per heavy atom. The molecule has 0 aliphatic heterocycles. The molecule has 4 nitrogen and oxygen atoms in total. The molecule has 3 rings (SSSR count). The van der Waals surface area contributed by atoms with Crippen molar-refractivity contribution in [1.29, 1.82) is 0 Å². The van der Waals surface area contributed by atoms with Crippen molar-refractivity contribution in [3.05, 3.63) is 42.1 Å². The number of rotatable bonds is 1. The van der Waals surface area contributed by atoms with Crippen LogP contribution in [0.3, 0.4) is 0 Å². The summed E-state index contributed by atoms with van der Waals surface area (Å²) in [6, 6.07) is 10.2. The van der Waals surface area contributed by atoms with Crippen molar-refractivity contribution in [2.75, 3.05) is 5.73 Å². The van der Waals surface area contributed by atoms with Gasteiger partial charge in [-0.1, -0.05) is 24.3 Å². The Labute approximate surface area is 98.5 Å². The average molecular weight is 224 g/mol. The first-order chi connectivity index (χ1) is 8.24. The predicted molar refractivity (Wildman–Crippen MR) is 68.5 cm³/mol. The van der Waals surface area contributed by atoms with Gasteiger partial charge in [-0.3, -0.25) is 0 Å². The monoisotopic (exact) mass is 224 g/mol. The zero-order valence-corrected chi connectivity index (χ0v) is 9.44. The Balaban J connectivity index is 2.22. The number of aromatic nitrogens is 3. The summed E-state index contributed by atoms with van der Waals surface area (Å²) >= 11 is 0. The van der Waals surface area contributed by atoms with Crippen molar-refractivity contribution in [3.63, 3.8) is 0 Å². The summed E-state index contributed by atoms with van der Waals surface area (Å²) in [5, 5.41) is 0. The normalized spacial score (nSPS) is 10.9. The fourth-order valence-corrected chi connectivity index (χ4v) is 1.95. The van der Waals surface area contributed by atoms with E-state index in [1.807, 2.05) is 18.2 Å². The van der Waals surface area contributed by atoms with Crippen LogP contribution in [-0.4, -0.2) is 15.0 Å². The first-order valence-electron chi connectivity index (χ1n) is 5.41. The summed E-state index contributed by atoms with van der Waals surface area (Å²) < 4.78 is 0. The summed E-state index contributed by atoms with van der Waals surface area (Å²) in [7, 11) is 0. The van der Waals surface area contributed by atoms with E-state index in [1.165, 1.54) is 11.1 Å². The molecule has 0 aliphatic carbocycles. The lowest BCUT2D eigenvalue weighted by atomic mass is 10.1. The van der Waals surface area contributed by atoms with E-state index >= 15 is 0 Å². The van der Waals surface area contributed by atoms with Gasteiger partial charge in [0.15, 0.2) is 0 Å². The first kappa shape index (κ1) is 9.84. The molecule has 84 valence electrons.